The lowest BCUT2D eigenvalue weighted by Crippen LogP contribution is -2.13. The Morgan fingerprint density at radius 3 is 2.37 bits per heavy atom. The van der Waals surface area contributed by atoms with Crippen molar-refractivity contribution in [3.63, 3.8) is 0 Å². The molecule has 142 valence electrons. The van der Waals surface area contributed by atoms with Gasteiger partial charge in [0.05, 0.1) is 5.56 Å². The fourth-order valence-electron chi connectivity index (χ4n) is 2.37. The van der Waals surface area contributed by atoms with Crippen molar-refractivity contribution in [1.29, 1.82) is 0 Å². The Morgan fingerprint density at radius 1 is 1.07 bits per heavy atom. The molecule has 0 bridgehead atoms. The number of aryl methyl sites for hydroxylation is 2. The molecule has 0 aliphatic heterocycles. The van der Waals surface area contributed by atoms with Gasteiger partial charge in [0.2, 0.25) is 0 Å². The van der Waals surface area contributed by atoms with Gasteiger partial charge in [0.1, 0.15) is 11.3 Å². The Bertz CT molecular complexity index is 950. The standard InChI is InChI=1S/C21H19ClF3NO/c1-13-7-15(10-17(8-13)21(23,24)25)5-6-20(3,4)26-12-16-11-18(22)9-14(2)19(16)27/h7-12,27H,1-4H3/b26-12+. The molecule has 0 amide bonds. The molecule has 0 aliphatic carbocycles. The van der Waals surface area contributed by atoms with E-state index in [-0.39, 0.29) is 11.3 Å². The summed E-state index contributed by atoms with van der Waals surface area (Å²) < 4.78 is 38.8. The van der Waals surface area contributed by atoms with Gasteiger partial charge in [0, 0.05) is 22.4 Å². The van der Waals surface area contributed by atoms with Crippen LogP contribution in [0, 0.1) is 25.7 Å². The topological polar surface area (TPSA) is 32.6 Å². The first-order chi connectivity index (χ1) is 12.4. The first kappa shape index (κ1) is 20.9. The number of alkyl halides is 3. The van der Waals surface area contributed by atoms with Crippen LogP contribution < -0.4 is 0 Å². The zero-order chi connectivity index (χ0) is 20.4. The number of rotatable bonds is 2. The average Bonchev–Trinajstić information content (AvgIpc) is 2.54. The number of aliphatic imine (C=N–C) groups is 1. The van der Waals surface area contributed by atoms with Crippen LogP contribution in [0.15, 0.2) is 35.3 Å². The van der Waals surface area contributed by atoms with Crippen molar-refractivity contribution in [1.82, 2.24) is 0 Å². The summed E-state index contributed by atoms with van der Waals surface area (Å²) in [4.78, 5) is 4.34. The highest BCUT2D eigenvalue weighted by atomic mass is 35.5. The minimum absolute atomic E-state index is 0.0698. The zero-order valence-corrected chi connectivity index (χ0v) is 16.1. The highest BCUT2D eigenvalue weighted by Gasteiger charge is 2.30. The molecule has 6 heteroatoms. The third-order valence-electron chi connectivity index (χ3n) is 3.74. The predicted molar refractivity (Wildman–Crippen MR) is 103 cm³/mol. The van der Waals surface area contributed by atoms with Crippen LogP contribution in [0.3, 0.4) is 0 Å². The maximum absolute atomic E-state index is 12.9. The summed E-state index contributed by atoms with van der Waals surface area (Å²) in [6.07, 6.45) is -2.96. The van der Waals surface area contributed by atoms with E-state index in [1.807, 2.05) is 0 Å². The number of nitrogens with zero attached hydrogens (tertiary/aromatic N) is 1. The molecule has 2 aromatic carbocycles. The van der Waals surface area contributed by atoms with Gasteiger partial charge in [0.15, 0.2) is 0 Å². The monoisotopic (exact) mass is 393 g/mol. The van der Waals surface area contributed by atoms with E-state index in [9.17, 15) is 18.3 Å². The average molecular weight is 394 g/mol. The van der Waals surface area contributed by atoms with Crippen LogP contribution in [0.25, 0.3) is 0 Å². The van der Waals surface area contributed by atoms with E-state index in [2.05, 4.69) is 16.8 Å². The van der Waals surface area contributed by atoms with Crippen molar-refractivity contribution in [2.75, 3.05) is 0 Å². The van der Waals surface area contributed by atoms with Crippen LogP contribution in [0.4, 0.5) is 13.2 Å². The number of hydrogen-bond acceptors (Lipinski definition) is 2. The van der Waals surface area contributed by atoms with Gasteiger partial charge in [-0.25, -0.2) is 0 Å². The van der Waals surface area contributed by atoms with E-state index in [1.54, 1.807) is 45.9 Å². The van der Waals surface area contributed by atoms with E-state index in [4.69, 9.17) is 11.6 Å². The molecule has 0 unspecified atom stereocenters. The molecule has 0 saturated carbocycles. The van der Waals surface area contributed by atoms with Crippen LogP contribution in [0.2, 0.25) is 5.02 Å². The molecule has 2 nitrogen and oxygen atoms in total. The highest BCUT2D eigenvalue weighted by Crippen LogP contribution is 2.30. The maximum Gasteiger partial charge on any atom is 0.416 e. The Hall–Kier alpha value is -2.45. The quantitative estimate of drug-likeness (QED) is 0.497. The van der Waals surface area contributed by atoms with Crippen molar-refractivity contribution < 1.29 is 18.3 Å². The summed E-state index contributed by atoms with van der Waals surface area (Å²) in [5.41, 5.74) is 0.219. The lowest BCUT2D eigenvalue weighted by molar-refractivity contribution is -0.137. The second kappa shape index (κ2) is 7.66. The van der Waals surface area contributed by atoms with Gasteiger partial charge in [-0.15, -0.1) is 0 Å². The Kier molecular flexibility index (Phi) is 5.91. The van der Waals surface area contributed by atoms with E-state index in [1.165, 1.54) is 6.21 Å². The van der Waals surface area contributed by atoms with Crippen molar-refractivity contribution in [3.8, 4) is 17.6 Å². The predicted octanol–water partition coefficient (Wildman–Crippen LogP) is 5.93. The second-order valence-electron chi connectivity index (χ2n) is 6.81. The normalized spacial score (nSPS) is 12.1. The van der Waals surface area contributed by atoms with Crippen LogP contribution in [-0.2, 0) is 6.18 Å². The molecule has 0 heterocycles. The van der Waals surface area contributed by atoms with Crippen molar-refractivity contribution in [3.05, 3.63) is 63.2 Å². The summed E-state index contributed by atoms with van der Waals surface area (Å²) in [6.45, 7) is 6.77. The van der Waals surface area contributed by atoms with Gasteiger partial charge in [-0.3, -0.25) is 4.99 Å². The molecule has 27 heavy (non-hydrogen) atoms. The third-order valence-corrected chi connectivity index (χ3v) is 3.96. The van der Waals surface area contributed by atoms with Crippen molar-refractivity contribution in [2.24, 2.45) is 4.99 Å². The summed E-state index contributed by atoms with van der Waals surface area (Å²) in [6, 6.07) is 6.90. The van der Waals surface area contributed by atoms with Crippen LogP contribution >= 0.6 is 11.6 Å². The van der Waals surface area contributed by atoms with Crippen LogP contribution in [0.1, 0.15) is 41.7 Å². The molecule has 0 radical (unpaired) electrons. The minimum Gasteiger partial charge on any atom is -0.507 e. The van der Waals surface area contributed by atoms with Crippen molar-refractivity contribution in [2.45, 2.75) is 39.4 Å². The molecule has 2 rings (SSSR count). The number of phenolic OH excluding ortho intramolecular Hbond substituents is 1. The Balaban J connectivity index is 2.32. The molecule has 1 N–H and O–H groups in total. The van der Waals surface area contributed by atoms with Gasteiger partial charge in [-0.1, -0.05) is 23.4 Å². The second-order valence-corrected chi connectivity index (χ2v) is 7.25. The minimum atomic E-state index is -4.42. The van der Waals surface area contributed by atoms with Gasteiger partial charge in [0.25, 0.3) is 0 Å². The fraction of sp³-hybridized carbons (Fsp3) is 0.286. The lowest BCUT2D eigenvalue weighted by atomic mass is 10.0. The summed E-state index contributed by atoms with van der Waals surface area (Å²) in [7, 11) is 0. The first-order valence-electron chi connectivity index (χ1n) is 8.14. The van der Waals surface area contributed by atoms with Gasteiger partial charge >= 0.3 is 6.18 Å². The van der Waals surface area contributed by atoms with Crippen LogP contribution in [0.5, 0.6) is 5.75 Å². The molecule has 0 aromatic heterocycles. The molecule has 0 atom stereocenters. The molecule has 2 aromatic rings. The summed E-state index contributed by atoms with van der Waals surface area (Å²) in [5.74, 6) is 5.70. The number of benzene rings is 2. The molecule has 0 spiro atoms. The van der Waals surface area contributed by atoms with E-state index >= 15 is 0 Å². The molecular formula is C21H19ClF3NO. The Morgan fingerprint density at radius 2 is 1.74 bits per heavy atom. The number of phenols is 1. The van der Waals surface area contributed by atoms with Gasteiger partial charge in [-0.2, -0.15) is 13.2 Å². The molecule has 0 fully saturated rings. The van der Waals surface area contributed by atoms with E-state index < -0.39 is 17.3 Å². The largest absolute Gasteiger partial charge is 0.507 e. The summed E-state index contributed by atoms with van der Waals surface area (Å²) >= 11 is 5.99. The van der Waals surface area contributed by atoms with Gasteiger partial charge in [-0.05, 0) is 69.2 Å². The first-order valence-corrected chi connectivity index (χ1v) is 8.51. The number of aromatic hydroxyl groups is 1. The van der Waals surface area contributed by atoms with E-state index in [0.717, 1.165) is 12.1 Å². The molecular weight excluding hydrogens is 375 g/mol. The van der Waals surface area contributed by atoms with E-state index in [0.29, 0.717) is 21.7 Å². The molecule has 0 aliphatic rings. The number of hydrogen-bond donors (Lipinski definition) is 1. The smallest absolute Gasteiger partial charge is 0.416 e. The maximum atomic E-state index is 12.9. The fourth-order valence-corrected chi connectivity index (χ4v) is 2.65. The lowest BCUT2D eigenvalue weighted by Gasteiger charge is -2.12. The van der Waals surface area contributed by atoms with Gasteiger partial charge < -0.3 is 5.11 Å². The number of halogens is 4. The Labute approximate surface area is 161 Å². The van der Waals surface area contributed by atoms with Crippen molar-refractivity contribution >= 4 is 17.8 Å². The van der Waals surface area contributed by atoms with Crippen LogP contribution in [-0.4, -0.2) is 16.9 Å². The summed E-state index contributed by atoms with van der Waals surface area (Å²) in [5, 5.41) is 10.5. The highest BCUT2D eigenvalue weighted by molar-refractivity contribution is 6.31. The SMILES string of the molecule is Cc1cc(C#CC(C)(C)/N=C/c2cc(Cl)cc(C)c2O)cc(C(F)(F)F)c1. The molecule has 0 saturated heterocycles. The third kappa shape index (κ3) is 5.77. The zero-order valence-electron chi connectivity index (χ0n) is 15.4.